The second-order valence-corrected chi connectivity index (χ2v) is 8.19. The van der Waals surface area contributed by atoms with Crippen molar-refractivity contribution in [2.75, 3.05) is 30.3 Å². The van der Waals surface area contributed by atoms with E-state index in [0.717, 1.165) is 31.2 Å². The third-order valence-corrected chi connectivity index (χ3v) is 5.23. The fourth-order valence-corrected chi connectivity index (χ4v) is 3.61. The third-order valence-electron chi connectivity index (χ3n) is 3.78. The lowest BCUT2D eigenvalue weighted by Gasteiger charge is -2.24. The van der Waals surface area contributed by atoms with Crippen LogP contribution in [0.1, 0.15) is 18.4 Å². The van der Waals surface area contributed by atoms with Gasteiger partial charge in [-0.2, -0.15) is 13.2 Å². The molecule has 0 aromatic heterocycles. The second-order valence-electron chi connectivity index (χ2n) is 5.87. The maximum Gasteiger partial charge on any atom is 0.416 e. The van der Waals surface area contributed by atoms with Gasteiger partial charge in [0.25, 0.3) is 0 Å². The summed E-state index contributed by atoms with van der Waals surface area (Å²) in [5, 5.41) is 2.31. The van der Waals surface area contributed by atoms with Crippen LogP contribution in [0.3, 0.4) is 0 Å². The first-order chi connectivity index (χ1) is 12.0. The number of carbonyl (C=O) groups is 1. The molecule has 2 rings (SSSR count). The van der Waals surface area contributed by atoms with Crippen LogP contribution in [0.15, 0.2) is 18.2 Å². The Morgan fingerprint density at radius 2 is 2.12 bits per heavy atom. The molecule has 0 spiro atoms. The number of amides is 1. The summed E-state index contributed by atoms with van der Waals surface area (Å²) < 4.78 is 68.7. The Hall–Kier alpha value is -1.52. The molecule has 6 nitrogen and oxygen atoms in total. The number of ether oxygens (including phenoxy) is 1. The second kappa shape index (κ2) is 8.01. The first kappa shape index (κ1) is 20.8. The van der Waals surface area contributed by atoms with Gasteiger partial charge in [0.15, 0.2) is 0 Å². The topological polar surface area (TPSA) is 75.7 Å². The molecule has 11 heteroatoms. The molecular formula is C15H18ClF3N2O4S. The van der Waals surface area contributed by atoms with Gasteiger partial charge in [-0.1, -0.05) is 11.6 Å². The van der Waals surface area contributed by atoms with Crippen LogP contribution in [0.4, 0.5) is 18.9 Å². The van der Waals surface area contributed by atoms with E-state index in [1.165, 1.54) is 0 Å². The van der Waals surface area contributed by atoms with Crippen LogP contribution in [0.25, 0.3) is 0 Å². The zero-order valence-corrected chi connectivity index (χ0v) is 15.4. The van der Waals surface area contributed by atoms with Crippen LogP contribution < -0.4 is 9.62 Å². The summed E-state index contributed by atoms with van der Waals surface area (Å²) >= 11 is 5.89. The molecule has 1 aromatic carbocycles. The van der Waals surface area contributed by atoms with Gasteiger partial charge in [0.1, 0.15) is 6.54 Å². The molecule has 1 heterocycles. The van der Waals surface area contributed by atoms with E-state index in [1.54, 1.807) is 0 Å². The minimum Gasteiger partial charge on any atom is -0.376 e. The standard InChI is InChI=1S/C15H18ClF3N2O4S/c1-26(23,24)21(9-14(22)20-8-11-3-2-6-25-11)13-7-10(15(17,18)19)4-5-12(13)16/h4-5,7,11H,2-3,6,8-9H2,1H3,(H,20,22)/t11-/m0/s1. The average Bonchev–Trinajstić information content (AvgIpc) is 3.02. The molecule has 1 aliphatic heterocycles. The molecule has 0 radical (unpaired) electrons. The molecule has 26 heavy (non-hydrogen) atoms. The zero-order chi connectivity index (χ0) is 19.5. The molecule has 1 aliphatic rings. The number of hydrogen-bond acceptors (Lipinski definition) is 4. The van der Waals surface area contributed by atoms with E-state index < -0.39 is 39.9 Å². The number of hydrogen-bond donors (Lipinski definition) is 1. The van der Waals surface area contributed by atoms with E-state index in [0.29, 0.717) is 17.0 Å². The summed E-state index contributed by atoms with van der Waals surface area (Å²) in [6.45, 7) is 0.106. The first-order valence-electron chi connectivity index (χ1n) is 7.71. The normalized spacial score (nSPS) is 18.0. The summed E-state index contributed by atoms with van der Waals surface area (Å²) in [7, 11) is -4.05. The highest BCUT2D eigenvalue weighted by atomic mass is 35.5. The van der Waals surface area contributed by atoms with Crippen molar-refractivity contribution in [1.29, 1.82) is 0 Å². The van der Waals surface area contributed by atoms with E-state index >= 15 is 0 Å². The summed E-state index contributed by atoms with van der Waals surface area (Å²) in [4.78, 5) is 12.1. The highest BCUT2D eigenvalue weighted by molar-refractivity contribution is 7.92. The predicted octanol–water partition coefficient (Wildman–Crippen LogP) is 2.42. The molecule has 1 amide bonds. The number of rotatable bonds is 6. The highest BCUT2D eigenvalue weighted by Gasteiger charge is 2.33. The largest absolute Gasteiger partial charge is 0.416 e. The molecular weight excluding hydrogens is 397 g/mol. The molecule has 1 aromatic rings. The average molecular weight is 415 g/mol. The van der Waals surface area contributed by atoms with Crippen molar-refractivity contribution in [3.05, 3.63) is 28.8 Å². The third kappa shape index (κ3) is 5.49. The SMILES string of the molecule is CS(=O)(=O)N(CC(=O)NC[C@@H]1CCCO1)c1cc(C(F)(F)F)ccc1Cl. The maximum atomic E-state index is 12.9. The van der Waals surface area contributed by atoms with Crippen LogP contribution >= 0.6 is 11.6 Å². The molecule has 0 aliphatic carbocycles. The molecule has 1 saturated heterocycles. The predicted molar refractivity (Wildman–Crippen MR) is 90.6 cm³/mol. The van der Waals surface area contributed by atoms with E-state index in [9.17, 15) is 26.4 Å². The molecule has 0 saturated carbocycles. The molecule has 0 unspecified atom stereocenters. The Morgan fingerprint density at radius 1 is 1.42 bits per heavy atom. The minimum atomic E-state index is -4.68. The van der Waals surface area contributed by atoms with Crippen molar-refractivity contribution in [1.82, 2.24) is 5.32 Å². The lowest BCUT2D eigenvalue weighted by atomic mass is 10.2. The summed E-state index contributed by atoms with van der Waals surface area (Å²) in [6.07, 6.45) is -2.39. The van der Waals surface area contributed by atoms with Crippen molar-refractivity contribution >= 4 is 33.2 Å². The van der Waals surface area contributed by atoms with E-state index in [4.69, 9.17) is 16.3 Å². The monoisotopic (exact) mass is 414 g/mol. The molecule has 1 atom stereocenters. The quantitative estimate of drug-likeness (QED) is 0.775. The lowest BCUT2D eigenvalue weighted by molar-refractivity contribution is -0.137. The minimum absolute atomic E-state index is 0.150. The Bertz CT molecular complexity index is 765. The van der Waals surface area contributed by atoms with Gasteiger partial charge >= 0.3 is 6.18 Å². The fraction of sp³-hybridized carbons (Fsp3) is 0.533. The Labute approximate surface area is 154 Å². The highest BCUT2D eigenvalue weighted by Crippen LogP contribution is 2.36. The van der Waals surface area contributed by atoms with Gasteiger partial charge in [-0.05, 0) is 31.0 Å². The number of alkyl halides is 3. The zero-order valence-electron chi connectivity index (χ0n) is 13.8. The van der Waals surface area contributed by atoms with Crippen LogP contribution in [0.2, 0.25) is 5.02 Å². The first-order valence-corrected chi connectivity index (χ1v) is 9.94. The van der Waals surface area contributed by atoms with E-state index in [1.807, 2.05) is 0 Å². The van der Waals surface area contributed by atoms with Gasteiger partial charge in [0, 0.05) is 13.2 Å². The Morgan fingerprint density at radius 3 is 2.65 bits per heavy atom. The number of nitrogens with zero attached hydrogens (tertiary/aromatic N) is 1. The van der Waals surface area contributed by atoms with Crippen LogP contribution in [-0.2, 0) is 25.7 Å². The smallest absolute Gasteiger partial charge is 0.376 e. The van der Waals surface area contributed by atoms with Gasteiger partial charge in [-0.3, -0.25) is 9.10 Å². The molecule has 1 N–H and O–H groups in total. The van der Waals surface area contributed by atoms with Crippen molar-refractivity contribution in [2.24, 2.45) is 0 Å². The van der Waals surface area contributed by atoms with E-state index in [-0.39, 0.29) is 17.7 Å². The van der Waals surface area contributed by atoms with Gasteiger partial charge in [-0.25, -0.2) is 8.42 Å². The van der Waals surface area contributed by atoms with Crippen molar-refractivity contribution in [3.8, 4) is 0 Å². The Kier molecular flexibility index (Phi) is 6.41. The number of sulfonamides is 1. The summed E-state index contributed by atoms with van der Waals surface area (Å²) in [6, 6.07) is 2.29. The van der Waals surface area contributed by atoms with Crippen molar-refractivity contribution in [3.63, 3.8) is 0 Å². The van der Waals surface area contributed by atoms with E-state index in [2.05, 4.69) is 5.32 Å². The van der Waals surface area contributed by atoms with Crippen molar-refractivity contribution in [2.45, 2.75) is 25.1 Å². The van der Waals surface area contributed by atoms with Gasteiger partial charge in [0.2, 0.25) is 15.9 Å². The van der Waals surface area contributed by atoms with Crippen molar-refractivity contribution < 1.29 is 31.1 Å². The summed E-state index contributed by atoms with van der Waals surface area (Å²) in [5.41, 5.74) is -1.47. The van der Waals surface area contributed by atoms with Crippen LogP contribution in [0.5, 0.6) is 0 Å². The number of halogens is 4. The molecule has 0 bridgehead atoms. The fourth-order valence-electron chi connectivity index (χ4n) is 2.48. The number of carbonyl (C=O) groups excluding carboxylic acids is 1. The number of nitrogens with one attached hydrogen (secondary N) is 1. The number of benzene rings is 1. The molecule has 1 fully saturated rings. The molecule has 146 valence electrons. The maximum absolute atomic E-state index is 12.9. The summed E-state index contributed by atoms with van der Waals surface area (Å²) in [5.74, 6) is -0.667. The van der Waals surface area contributed by atoms with Crippen LogP contribution in [-0.4, -0.2) is 46.4 Å². The van der Waals surface area contributed by atoms with Gasteiger partial charge in [0.05, 0.1) is 28.6 Å². The van der Waals surface area contributed by atoms with Gasteiger partial charge in [-0.15, -0.1) is 0 Å². The van der Waals surface area contributed by atoms with Gasteiger partial charge < -0.3 is 10.1 Å². The lowest BCUT2D eigenvalue weighted by Crippen LogP contribution is -2.42. The number of anilines is 1. The Balaban J connectivity index is 2.21. The van der Waals surface area contributed by atoms with Crippen LogP contribution in [0, 0.1) is 0 Å².